The molecular formula is C25H26N4O4S. The van der Waals surface area contributed by atoms with Gasteiger partial charge in [-0.15, -0.1) is 11.3 Å². The van der Waals surface area contributed by atoms with Crippen molar-refractivity contribution in [1.82, 2.24) is 20.1 Å². The van der Waals surface area contributed by atoms with Crippen molar-refractivity contribution in [3.05, 3.63) is 59.1 Å². The summed E-state index contributed by atoms with van der Waals surface area (Å²) in [6.07, 6.45) is 1.81. The lowest BCUT2D eigenvalue weighted by atomic mass is 9.92. The first-order chi connectivity index (χ1) is 16.4. The molecule has 0 unspecified atom stereocenters. The first kappa shape index (κ1) is 22.3. The number of nitrogens with one attached hydrogen (secondary N) is 1. The molecule has 2 aliphatic rings. The van der Waals surface area contributed by atoms with Gasteiger partial charge in [-0.1, -0.05) is 24.3 Å². The van der Waals surface area contributed by atoms with E-state index in [9.17, 15) is 14.4 Å². The number of rotatable bonds is 5. The molecule has 2 aliphatic heterocycles. The number of aromatic nitrogens is 1. The molecule has 3 heterocycles. The fourth-order valence-electron chi connectivity index (χ4n) is 4.68. The molecule has 0 radical (unpaired) electrons. The van der Waals surface area contributed by atoms with Gasteiger partial charge in [-0.2, -0.15) is 0 Å². The molecule has 2 atom stereocenters. The lowest BCUT2D eigenvalue weighted by Crippen LogP contribution is -2.47. The average Bonchev–Trinajstić information content (AvgIpc) is 3.39. The number of methoxy groups -OCH3 is 1. The summed E-state index contributed by atoms with van der Waals surface area (Å²) in [6, 6.07) is 14.5. The Morgan fingerprint density at radius 1 is 1.24 bits per heavy atom. The number of imide groups is 1. The van der Waals surface area contributed by atoms with Crippen LogP contribution in [0.15, 0.2) is 48.5 Å². The van der Waals surface area contributed by atoms with E-state index in [1.54, 1.807) is 54.5 Å². The number of para-hydroxylation sites is 1. The number of piperidine rings is 1. The van der Waals surface area contributed by atoms with Gasteiger partial charge in [0.1, 0.15) is 17.8 Å². The van der Waals surface area contributed by atoms with Gasteiger partial charge in [0.2, 0.25) is 5.91 Å². The van der Waals surface area contributed by atoms with Gasteiger partial charge in [-0.25, -0.2) is 9.78 Å². The van der Waals surface area contributed by atoms with Crippen LogP contribution in [0.4, 0.5) is 4.79 Å². The minimum atomic E-state index is -1.25. The number of carbonyl (C=O) groups is 3. The van der Waals surface area contributed by atoms with E-state index in [2.05, 4.69) is 11.4 Å². The van der Waals surface area contributed by atoms with Gasteiger partial charge in [0.15, 0.2) is 0 Å². The number of ether oxygens (including phenoxy) is 1. The third-order valence-corrected chi connectivity index (χ3v) is 7.85. The molecule has 9 heteroatoms. The van der Waals surface area contributed by atoms with Gasteiger partial charge in [-0.05, 0) is 49.6 Å². The molecule has 4 amide bonds. The first-order valence-corrected chi connectivity index (χ1v) is 12.1. The van der Waals surface area contributed by atoms with Crippen LogP contribution < -0.4 is 10.1 Å². The standard InChI is InChI=1S/C25H26N4O4S/c1-25(17-8-5-9-18(13-17)33-2)23(31)29(24(32)27-25)15-21(30)28-12-6-7-16(14-28)22-26-19-10-3-4-11-20(19)34-22/h3-5,8-11,13,16H,6-7,12,14-15H2,1-2H3,(H,27,32)/t16-,25+/m1/s1. The summed E-state index contributed by atoms with van der Waals surface area (Å²) in [6.45, 7) is 2.51. The molecule has 1 aromatic heterocycles. The van der Waals surface area contributed by atoms with Crippen LogP contribution in [0.1, 0.15) is 36.3 Å². The molecule has 0 saturated carbocycles. The molecule has 3 aromatic rings. The molecule has 2 fully saturated rings. The third kappa shape index (κ3) is 3.90. The second kappa shape index (κ2) is 8.72. The smallest absolute Gasteiger partial charge is 0.325 e. The van der Waals surface area contributed by atoms with Gasteiger partial charge < -0.3 is 15.0 Å². The molecule has 2 aromatic carbocycles. The Balaban J connectivity index is 1.29. The van der Waals surface area contributed by atoms with Crippen molar-refractivity contribution in [3.8, 4) is 5.75 Å². The molecule has 176 valence electrons. The predicted molar refractivity (Wildman–Crippen MR) is 129 cm³/mol. The van der Waals surface area contributed by atoms with Crippen molar-refractivity contribution >= 4 is 39.4 Å². The number of hydrogen-bond donors (Lipinski definition) is 1. The van der Waals surface area contributed by atoms with Gasteiger partial charge in [0, 0.05) is 19.0 Å². The minimum absolute atomic E-state index is 0.153. The number of carbonyl (C=O) groups excluding carboxylic acids is 3. The second-order valence-corrected chi connectivity index (χ2v) is 9.94. The van der Waals surface area contributed by atoms with E-state index in [0.29, 0.717) is 24.4 Å². The Kier molecular flexibility index (Phi) is 5.73. The van der Waals surface area contributed by atoms with Gasteiger partial charge in [-0.3, -0.25) is 14.5 Å². The van der Waals surface area contributed by atoms with Gasteiger partial charge in [0.25, 0.3) is 5.91 Å². The Hall–Kier alpha value is -3.46. The predicted octanol–water partition coefficient (Wildman–Crippen LogP) is 3.48. The van der Waals surface area contributed by atoms with Crippen LogP contribution >= 0.6 is 11.3 Å². The van der Waals surface area contributed by atoms with Crippen molar-refractivity contribution in [2.75, 3.05) is 26.7 Å². The summed E-state index contributed by atoms with van der Waals surface area (Å²) in [5.41, 5.74) is 0.327. The van der Waals surface area contributed by atoms with Gasteiger partial charge >= 0.3 is 6.03 Å². The van der Waals surface area contributed by atoms with Crippen LogP contribution in [0.3, 0.4) is 0 Å². The maximum Gasteiger partial charge on any atom is 0.325 e. The number of amides is 4. The van der Waals surface area contributed by atoms with E-state index in [1.165, 1.54) is 0 Å². The Bertz CT molecular complexity index is 1240. The molecule has 34 heavy (non-hydrogen) atoms. The normalized spacial score (nSPS) is 22.8. The Morgan fingerprint density at radius 2 is 2.06 bits per heavy atom. The van der Waals surface area contributed by atoms with Crippen LogP contribution in [0, 0.1) is 0 Å². The van der Waals surface area contributed by atoms with E-state index in [-0.39, 0.29) is 18.4 Å². The molecule has 2 saturated heterocycles. The number of hydrogen-bond acceptors (Lipinski definition) is 6. The zero-order valence-electron chi connectivity index (χ0n) is 19.1. The first-order valence-electron chi connectivity index (χ1n) is 11.3. The summed E-state index contributed by atoms with van der Waals surface area (Å²) in [4.78, 5) is 46.7. The molecule has 0 spiro atoms. The second-order valence-electron chi connectivity index (χ2n) is 8.88. The van der Waals surface area contributed by atoms with Crippen molar-refractivity contribution in [1.29, 1.82) is 0 Å². The number of urea groups is 1. The van der Waals surface area contributed by atoms with E-state index in [1.807, 2.05) is 18.2 Å². The van der Waals surface area contributed by atoms with Crippen molar-refractivity contribution in [2.45, 2.75) is 31.2 Å². The molecule has 1 N–H and O–H groups in total. The lowest BCUT2D eigenvalue weighted by molar-refractivity contribution is -0.139. The Labute approximate surface area is 201 Å². The van der Waals surface area contributed by atoms with Crippen molar-refractivity contribution in [2.24, 2.45) is 0 Å². The SMILES string of the molecule is COc1cccc([C@]2(C)NC(=O)N(CC(=O)N3CCC[C@@H](c4nc5ccccc5s4)C3)C2=O)c1. The Morgan fingerprint density at radius 3 is 2.85 bits per heavy atom. The number of thiazole rings is 1. The summed E-state index contributed by atoms with van der Waals surface area (Å²) in [5, 5.41) is 3.79. The lowest BCUT2D eigenvalue weighted by Gasteiger charge is -2.32. The highest BCUT2D eigenvalue weighted by Gasteiger charge is 2.50. The molecule has 0 bridgehead atoms. The summed E-state index contributed by atoms with van der Waals surface area (Å²) >= 11 is 1.66. The zero-order chi connectivity index (χ0) is 23.9. The topological polar surface area (TPSA) is 91.8 Å². The maximum absolute atomic E-state index is 13.3. The van der Waals surface area contributed by atoms with Gasteiger partial charge in [0.05, 0.1) is 22.3 Å². The molecule has 0 aliphatic carbocycles. The molecular weight excluding hydrogens is 452 g/mol. The van der Waals surface area contributed by atoms with E-state index in [4.69, 9.17) is 9.72 Å². The highest BCUT2D eigenvalue weighted by molar-refractivity contribution is 7.18. The monoisotopic (exact) mass is 478 g/mol. The zero-order valence-corrected chi connectivity index (χ0v) is 19.9. The number of benzene rings is 2. The fraction of sp³-hybridized carbons (Fsp3) is 0.360. The molecule has 8 nitrogen and oxygen atoms in total. The summed E-state index contributed by atoms with van der Waals surface area (Å²) in [7, 11) is 1.54. The average molecular weight is 479 g/mol. The number of nitrogens with zero attached hydrogens (tertiary/aromatic N) is 3. The van der Waals surface area contributed by atoms with Crippen LogP contribution in [0.2, 0.25) is 0 Å². The fourth-order valence-corrected chi connectivity index (χ4v) is 5.77. The quantitative estimate of drug-likeness (QED) is 0.567. The van der Waals surface area contributed by atoms with Crippen LogP contribution in [-0.4, -0.2) is 59.4 Å². The molecule has 5 rings (SSSR count). The van der Waals surface area contributed by atoms with Crippen molar-refractivity contribution in [3.63, 3.8) is 0 Å². The third-order valence-electron chi connectivity index (χ3n) is 6.65. The highest BCUT2D eigenvalue weighted by Crippen LogP contribution is 2.34. The summed E-state index contributed by atoms with van der Waals surface area (Å²) in [5.74, 6) is 0.0628. The largest absolute Gasteiger partial charge is 0.497 e. The van der Waals surface area contributed by atoms with E-state index >= 15 is 0 Å². The summed E-state index contributed by atoms with van der Waals surface area (Å²) < 4.78 is 6.39. The van der Waals surface area contributed by atoms with E-state index in [0.717, 1.165) is 33.0 Å². The number of likely N-dealkylation sites (tertiary alicyclic amines) is 1. The van der Waals surface area contributed by atoms with Crippen LogP contribution in [0.5, 0.6) is 5.75 Å². The van der Waals surface area contributed by atoms with Crippen LogP contribution in [0.25, 0.3) is 10.2 Å². The number of fused-ring (bicyclic) bond motifs is 1. The minimum Gasteiger partial charge on any atom is -0.497 e. The van der Waals surface area contributed by atoms with Crippen molar-refractivity contribution < 1.29 is 19.1 Å². The van der Waals surface area contributed by atoms with E-state index < -0.39 is 17.5 Å². The van der Waals surface area contributed by atoms with Crippen LogP contribution in [-0.2, 0) is 15.1 Å². The highest BCUT2D eigenvalue weighted by atomic mass is 32.1. The maximum atomic E-state index is 13.3.